The molecule has 0 aromatic carbocycles. The minimum atomic E-state index is -5.24. The van der Waals surface area contributed by atoms with Crippen LogP contribution in [0.4, 0.5) is 0 Å². The Morgan fingerprint density at radius 1 is 0.388 bits per heavy atom. The van der Waals surface area contributed by atoms with E-state index in [2.05, 4.69) is 0 Å². The highest BCUT2D eigenvalue weighted by Gasteiger charge is 2.87. The Balaban J connectivity index is 2.15. The summed E-state index contributed by atoms with van der Waals surface area (Å²) in [5, 5.41) is 8.37. The molecule has 0 amide bonds. The van der Waals surface area contributed by atoms with Gasteiger partial charge >= 0.3 is 72.6 Å². The average molecular weight is 853 g/mol. The van der Waals surface area contributed by atoms with Crippen LogP contribution in [0.1, 0.15) is 0 Å². The van der Waals surface area contributed by atoms with E-state index in [9.17, 15) is 4.80 Å². The first-order chi connectivity index (χ1) is 22.4. The third-order valence-electron chi connectivity index (χ3n) is 4.88. The summed E-state index contributed by atoms with van der Waals surface area (Å²) < 4.78 is 114. The first kappa shape index (κ1) is 42.4. The number of hydrogen-bond acceptors (Lipinski definition) is 26. The normalized spacial score (nSPS) is 40.5. The quantitative estimate of drug-likeness (QED) is 0.130. The molecule has 4 fully saturated rings. The molecule has 0 aliphatic carbocycles. The number of hydroxylamine groups is 14. The van der Waals surface area contributed by atoms with Gasteiger partial charge < -0.3 is 50.1 Å². The van der Waals surface area contributed by atoms with Gasteiger partial charge in [-0.05, 0) is 0 Å². The maximum Gasteiger partial charge on any atom is 0.682 e. The van der Waals surface area contributed by atoms with Crippen LogP contribution in [0.5, 0.6) is 0 Å². The smallest absolute Gasteiger partial charge is 0.370 e. The molecule has 34 heteroatoms. The van der Waals surface area contributed by atoms with Crippen LogP contribution in [0.3, 0.4) is 0 Å². The largest absolute Gasteiger partial charge is 0.682 e. The zero-order valence-electron chi connectivity index (χ0n) is 29.9. The van der Waals surface area contributed by atoms with Crippen LogP contribution in [0, 0.1) is 0 Å². The van der Waals surface area contributed by atoms with Gasteiger partial charge in [-0.3, -0.25) is 31.7 Å². The topological polar surface area (TPSA) is 209 Å². The molecule has 4 saturated heterocycles. The maximum absolute atomic E-state index is 12.2. The lowest BCUT2D eigenvalue weighted by atomic mass is 11.2. The summed E-state index contributed by atoms with van der Waals surface area (Å²) in [5.41, 5.74) is 0. The Kier molecular flexibility index (Phi) is 13.4. The van der Waals surface area contributed by atoms with E-state index in [4.69, 9.17) is 77.0 Å². The molecule has 0 aromatic rings. The average Bonchev–Trinajstić information content (AvgIpc) is 2.75. The molecule has 26 nitrogen and oxygen atoms in total. The van der Waals surface area contributed by atoms with Crippen molar-refractivity contribution in [2.45, 2.75) is 6.55 Å². The van der Waals surface area contributed by atoms with Crippen LogP contribution in [0.15, 0.2) is 0 Å². The highest BCUT2D eigenvalue weighted by atomic mass is 28.6. The molecule has 4 heterocycles. The van der Waals surface area contributed by atoms with Crippen molar-refractivity contribution >= 4 is 72.6 Å². The lowest BCUT2D eigenvalue weighted by molar-refractivity contribution is -0.222. The van der Waals surface area contributed by atoms with Crippen LogP contribution in [0.2, 0.25) is 6.55 Å². The van der Waals surface area contributed by atoms with Crippen molar-refractivity contribution in [3.63, 3.8) is 0 Å². The van der Waals surface area contributed by atoms with Crippen molar-refractivity contribution in [3.8, 4) is 0 Å². The molecule has 0 spiro atoms. The molecule has 49 heavy (non-hydrogen) atoms. The van der Waals surface area contributed by atoms with Crippen molar-refractivity contribution in [2.75, 3.05) is 98.7 Å². The number of hydrogen-bond donors (Lipinski definition) is 1. The molecule has 0 aromatic heterocycles. The standard InChI is InChI=1S/C15H46N7O19Si8/c1-16(2)24-42-31-43(15)33-46(27-19(7)8)35-44(23,25-17(3)4)36-48(29-21(11)12)38-45(32-42,26-18(5)6)37-47(34-43,28-20(9)10)40-49(39-46,41-48)30-22(13)14/h23H,1-15H3. The maximum atomic E-state index is 12.2. The van der Waals surface area contributed by atoms with Crippen molar-refractivity contribution in [1.82, 2.24) is 35.4 Å². The Hall–Kier alpha value is 0.695. The first-order valence-corrected chi connectivity index (χ1v) is 27.5. The molecule has 4 rings (SSSR count). The molecule has 0 saturated carbocycles. The van der Waals surface area contributed by atoms with Crippen LogP contribution in [-0.2, 0) is 77.0 Å². The molecule has 7 atom stereocenters. The third kappa shape index (κ3) is 10.9. The predicted molar refractivity (Wildman–Crippen MR) is 169 cm³/mol. The molecular weight excluding hydrogens is 807 g/mol. The summed E-state index contributed by atoms with van der Waals surface area (Å²) in [5.74, 6) is 0. The van der Waals surface area contributed by atoms with E-state index < -0.39 is 72.6 Å². The van der Waals surface area contributed by atoms with Gasteiger partial charge in [-0.1, -0.05) is 0 Å². The van der Waals surface area contributed by atoms with Crippen molar-refractivity contribution in [2.24, 2.45) is 0 Å². The van der Waals surface area contributed by atoms with Crippen LogP contribution in [-0.4, -0.2) is 212 Å². The van der Waals surface area contributed by atoms with E-state index in [0.717, 1.165) is 10.1 Å². The minimum Gasteiger partial charge on any atom is -0.370 e. The molecule has 1 radical (unpaired) electrons. The van der Waals surface area contributed by atoms with Gasteiger partial charge in [0.15, 0.2) is 0 Å². The number of rotatable bonds is 14. The summed E-state index contributed by atoms with van der Waals surface area (Å²) in [7, 11) is -17.0. The molecule has 4 aliphatic heterocycles. The van der Waals surface area contributed by atoms with E-state index in [1.165, 1.54) is 116 Å². The van der Waals surface area contributed by atoms with E-state index in [-0.39, 0.29) is 0 Å². The lowest BCUT2D eigenvalue weighted by Crippen LogP contribution is -2.87. The van der Waals surface area contributed by atoms with E-state index in [1.54, 1.807) is 14.1 Å². The zero-order chi connectivity index (χ0) is 36.8. The molecular formula is C15H46N7O19Si8. The first-order valence-electron chi connectivity index (χ1n) is 14.2. The van der Waals surface area contributed by atoms with Crippen molar-refractivity contribution < 1.29 is 81.7 Å². The Bertz CT molecular complexity index is 1140. The second-order valence-electron chi connectivity index (χ2n) is 11.6. The monoisotopic (exact) mass is 852 g/mol. The highest BCUT2D eigenvalue weighted by molar-refractivity contribution is 6.94. The SMILES string of the molecule is CN(C)O[Si]1O[Si]2(C)O[Si]3(ON(C)C)O[Si](O)(ON(C)C)O[Si]4(ON(C)C)O[Si](ON(C)C)(O1)O[Si](ON(C)C)(O2)O[Si](ON(C)C)(O3)O4. The van der Waals surface area contributed by atoms with Crippen molar-refractivity contribution in [1.29, 1.82) is 0 Å². The Labute approximate surface area is 294 Å². The molecule has 6 bridgehead atoms. The number of fused-ring (bicyclic) bond motifs is 4. The fourth-order valence-electron chi connectivity index (χ4n) is 4.06. The second-order valence-corrected chi connectivity index (χ2v) is 30.1. The fourth-order valence-corrected chi connectivity index (χ4v) is 35.0. The van der Waals surface area contributed by atoms with Gasteiger partial charge in [-0.2, -0.15) is 0 Å². The van der Waals surface area contributed by atoms with Crippen LogP contribution >= 0.6 is 0 Å². The molecule has 1 N–H and O–H groups in total. The summed E-state index contributed by atoms with van der Waals surface area (Å²) >= 11 is 0. The van der Waals surface area contributed by atoms with Crippen LogP contribution in [0.25, 0.3) is 0 Å². The molecule has 287 valence electrons. The van der Waals surface area contributed by atoms with Gasteiger partial charge in [0.1, 0.15) is 0 Å². The van der Waals surface area contributed by atoms with Gasteiger partial charge in [0.05, 0.1) is 0 Å². The van der Waals surface area contributed by atoms with Gasteiger partial charge in [0, 0.05) is 105 Å². The third-order valence-corrected chi connectivity index (χ3v) is 31.8. The molecule has 4 aliphatic rings. The zero-order valence-corrected chi connectivity index (χ0v) is 37.9. The van der Waals surface area contributed by atoms with Gasteiger partial charge in [0.25, 0.3) is 0 Å². The lowest BCUT2D eigenvalue weighted by Gasteiger charge is -2.54. The fraction of sp³-hybridized carbons (Fsp3) is 1.00. The van der Waals surface area contributed by atoms with Gasteiger partial charge in [-0.15, -0.1) is 0 Å². The summed E-state index contributed by atoms with van der Waals surface area (Å²) in [6, 6.07) is 0. The highest BCUT2D eigenvalue weighted by Crippen LogP contribution is 2.45. The van der Waals surface area contributed by atoms with Gasteiger partial charge in [-0.25, -0.2) is 35.4 Å². The van der Waals surface area contributed by atoms with Gasteiger partial charge in [0.2, 0.25) is 0 Å². The summed E-state index contributed by atoms with van der Waals surface area (Å²) in [4.78, 5) is 12.2. The molecule has 7 unspecified atom stereocenters. The predicted octanol–water partition coefficient (Wildman–Crippen LogP) is -4.16. The van der Waals surface area contributed by atoms with Crippen LogP contribution < -0.4 is 0 Å². The van der Waals surface area contributed by atoms with Crippen molar-refractivity contribution in [3.05, 3.63) is 0 Å². The van der Waals surface area contributed by atoms with E-state index in [0.29, 0.717) is 0 Å². The number of nitrogens with zero attached hydrogens (tertiary/aromatic N) is 7. The minimum absolute atomic E-state index is 1.10. The summed E-state index contributed by atoms with van der Waals surface area (Å²) in [6.07, 6.45) is 0. The Morgan fingerprint density at radius 2 is 0.694 bits per heavy atom. The second kappa shape index (κ2) is 15.4. The van der Waals surface area contributed by atoms with E-state index >= 15 is 0 Å². The summed E-state index contributed by atoms with van der Waals surface area (Å²) in [6.45, 7) is 1.42. The Morgan fingerprint density at radius 3 is 1.06 bits per heavy atom. The van der Waals surface area contributed by atoms with E-state index in [1.807, 2.05) is 0 Å².